The molecule has 1 rings (SSSR count). The lowest BCUT2D eigenvalue weighted by molar-refractivity contribution is -0.541. The maximum absolute atomic E-state index is 14.1. The van der Waals surface area contributed by atoms with Crippen molar-refractivity contribution in [1.82, 2.24) is 0 Å². The molecule has 0 saturated heterocycles. The molecule has 1 atom stereocenters. The van der Waals surface area contributed by atoms with Gasteiger partial charge in [0.1, 0.15) is 0 Å². The molecule has 0 bridgehead atoms. The Kier molecular flexibility index (Phi) is 11.0. The minimum atomic E-state index is -1.40. The molecule has 6 heteroatoms. The first kappa shape index (κ1) is 31.6. The maximum atomic E-state index is 14.1. The summed E-state index contributed by atoms with van der Waals surface area (Å²) in [5.74, 6) is -1.80. The third-order valence-electron chi connectivity index (χ3n) is 6.23. The van der Waals surface area contributed by atoms with Gasteiger partial charge >= 0.3 is 5.97 Å². The number of benzene rings is 1. The Morgan fingerprint density at radius 2 is 1.29 bits per heavy atom. The number of hydrogen-bond acceptors (Lipinski definition) is 6. The van der Waals surface area contributed by atoms with Crippen LogP contribution in [-0.4, -0.2) is 29.6 Å². The van der Waals surface area contributed by atoms with Gasteiger partial charge in [-0.2, -0.15) is 9.78 Å². The van der Waals surface area contributed by atoms with E-state index in [-0.39, 0.29) is 18.3 Å². The minimum Gasteiger partial charge on any atom is -0.465 e. The van der Waals surface area contributed by atoms with Gasteiger partial charge in [0.2, 0.25) is 5.79 Å². The Morgan fingerprint density at radius 3 is 1.69 bits per heavy atom. The summed E-state index contributed by atoms with van der Waals surface area (Å²) < 4.78 is 5.92. The van der Waals surface area contributed by atoms with Crippen LogP contribution in [0.4, 0.5) is 0 Å². The molecule has 0 spiro atoms. The molecule has 202 valence electrons. The van der Waals surface area contributed by atoms with Gasteiger partial charge in [0.25, 0.3) is 0 Å². The van der Waals surface area contributed by atoms with Crippen LogP contribution in [0.3, 0.4) is 0 Å². The number of rotatable bonds is 13. The largest absolute Gasteiger partial charge is 0.465 e. The van der Waals surface area contributed by atoms with Crippen LogP contribution in [0.2, 0.25) is 0 Å². The van der Waals surface area contributed by atoms with Crippen molar-refractivity contribution in [3.05, 3.63) is 35.9 Å². The van der Waals surface area contributed by atoms with Crippen molar-refractivity contribution in [2.75, 3.05) is 6.61 Å². The van der Waals surface area contributed by atoms with Gasteiger partial charge < -0.3 is 4.74 Å². The van der Waals surface area contributed by atoms with E-state index in [1.54, 1.807) is 6.92 Å². The van der Waals surface area contributed by atoms with Gasteiger partial charge in [-0.15, -0.1) is 0 Å². The van der Waals surface area contributed by atoms with E-state index in [1.807, 2.05) is 85.7 Å². The van der Waals surface area contributed by atoms with Gasteiger partial charge in [-0.25, -0.2) is 9.78 Å². The predicted molar refractivity (Wildman–Crippen MR) is 139 cm³/mol. The summed E-state index contributed by atoms with van der Waals surface area (Å²) in [6.07, 6.45) is 1.89. The second kappa shape index (κ2) is 12.2. The molecule has 0 heterocycles. The molecule has 0 radical (unpaired) electrons. The zero-order valence-electron chi connectivity index (χ0n) is 24.2. The van der Waals surface area contributed by atoms with Crippen LogP contribution in [0, 0.1) is 11.3 Å². The molecule has 1 aromatic rings. The fourth-order valence-corrected chi connectivity index (χ4v) is 4.27. The number of carbonyl (C=O) groups excluding carboxylic acids is 1. The highest BCUT2D eigenvalue weighted by Crippen LogP contribution is 2.53. The molecule has 0 aliphatic rings. The molecule has 1 aromatic carbocycles. The minimum absolute atomic E-state index is 0.123. The van der Waals surface area contributed by atoms with Crippen molar-refractivity contribution in [3.63, 3.8) is 0 Å². The SMILES string of the molecule is CCCCOC(=O)C(CC(C)(OOC(C)(C)C)OOC(C)(C)C)(C(C)C)C(C)(C)c1ccccc1. The quantitative estimate of drug-likeness (QED) is 0.0927. The Balaban J connectivity index is 3.66. The summed E-state index contributed by atoms with van der Waals surface area (Å²) in [6, 6.07) is 10.0. The van der Waals surface area contributed by atoms with Crippen molar-refractivity contribution in [2.24, 2.45) is 11.3 Å². The van der Waals surface area contributed by atoms with E-state index in [1.165, 1.54) is 0 Å². The Bertz CT molecular complexity index is 755. The standard InChI is InChI=1S/C29H50O6/c1-13-14-20-31-24(30)29(22(2)3,27(10,11)23-18-16-15-17-19-23)21-28(12,34-32-25(4,5)6)35-33-26(7,8)9/h15-19,22H,13-14,20-21H2,1-12H3. The fourth-order valence-electron chi connectivity index (χ4n) is 4.27. The van der Waals surface area contributed by atoms with Gasteiger partial charge in [-0.1, -0.05) is 71.4 Å². The highest BCUT2D eigenvalue weighted by Gasteiger charge is 2.59. The molecule has 35 heavy (non-hydrogen) atoms. The number of ether oxygens (including phenoxy) is 1. The van der Waals surface area contributed by atoms with Gasteiger partial charge in [0, 0.05) is 11.8 Å². The van der Waals surface area contributed by atoms with E-state index < -0.39 is 27.8 Å². The fraction of sp³-hybridized carbons (Fsp3) is 0.759. The summed E-state index contributed by atoms with van der Waals surface area (Å²) in [5.41, 5.74) is -1.83. The van der Waals surface area contributed by atoms with Crippen molar-refractivity contribution >= 4 is 5.97 Å². The summed E-state index contributed by atoms with van der Waals surface area (Å²) in [7, 11) is 0. The smallest absolute Gasteiger partial charge is 0.313 e. The lowest BCUT2D eigenvalue weighted by Crippen LogP contribution is -2.57. The van der Waals surface area contributed by atoms with Gasteiger partial charge in [-0.3, -0.25) is 4.79 Å². The van der Waals surface area contributed by atoms with E-state index in [0.29, 0.717) is 6.61 Å². The first-order valence-electron chi connectivity index (χ1n) is 12.9. The second-order valence-corrected chi connectivity index (χ2v) is 12.5. The molecular formula is C29H50O6. The first-order chi connectivity index (χ1) is 15.9. The summed E-state index contributed by atoms with van der Waals surface area (Å²) in [5, 5.41) is 0. The van der Waals surface area contributed by atoms with Crippen LogP contribution in [-0.2, 0) is 34.5 Å². The van der Waals surface area contributed by atoms with E-state index >= 15 is 0 Å². The Labute approximate surface area is 213 Å². The normalized spacial score (nSPS) is 15.2. The highest BCUT2D eigenvalue weighted by atomic mass is 17.3. The first-order valence-corrected chi connectivity index (χ1v) is 12.9. The number of unbranched alkanes of at least 4 members (excludes halogenated alkanes) is 1. The molecule has 0 N–H and O–H groups in total. The second-order valence-electron chi connectivity index (χ2n) is 12.5. The molecule has 0 aliphatic heterocycles. The zero-order valence-corrected chi connectivity index (χ0v) is 24.2. The lowest BCUT2D eigenvalue weighted by Gasteiger charge is -2.50. The molecular weight excluding hydrogens is 444 g/mol. The summed E-state index contributed by atoms with van der Waals surface area (Å²) in [6.45, 7) is 23.8. The Hall–Kier alpha value is -1.47. The van der Waals surface area contributed by atoms with E-state index in [0.717, 1.165) is 18.4 Å². The van der Waals surface area contributed by atoms with E-state index in [4.69, 9.17) is 24.3 Å². The zero-order chi connectivity index (χ0) is 27.1. The van der Waals surface area contributed by atoms with Crippen molar-refractivity contribution in [3.8, 4) is 0 Å². The van der Waals surface area contributed by atoms with Gasteiger partial charge in [-0.05, 0) is 66.4 Å². The van der Waals surface area contributed by atoms with Crippen LogP contribution < -0.4 is 0 Å². The molecule has 0 fully saturated rings. The average Bonchev–Trinajstić information content (AvgIpc) is 2.74. The van der Waals surface area contributed by atoms with E-state index in [2.05, 4.69) is 20.8 Å². The average molecular weight is 495 g/mol. The van der Waals surface area contributed by atoms with Crippen LogP contribution in [0.15, 0.2) is 30.3 Å². The monoisotopic (exact) mass is 494 g/mol. The maximum Gasteiger partial charge on any atom is 0.313 e. The predicted octanol–water partition coefficient (Wildman–Crippen LogP) is 7.55. The third kappa shape index (κ3) is 8.85. The molecule has 6 nitrogen and oxygen atoms in total. The topological polar surface area (TPSA) is 63.2 Å². The van der Waals surface area contributed by atoms with Crippen LogP contribution >= 0.6 is 0 Å². The van der Waals surface area contributed by atoms with Crippen molar-refractivity contribution in [1.29, 1.82) is 0 Å². The van der Waals surface area contributed by atoms with Gasteiger partial charge in [0.05, 0.1) is 23.2 Å². The van der Waals surface area contributed by atoms with Crippen molar-refractivity contribution in [2.45, 2.75) is 125 Å². The number of carbonyl (C=O) groups is 1. The third-order valence-corrected chi connectivity index (χ3v) is 6.23. The van der Waals surface area contributed by atoms with Crippen LogP contribution in [0.25, 0.3) is 0 Å². The summed E-state index contributed by atoms with van der Waals surface area (Å²) >= 11 is 0. The number of esters is 1. The highest BCUT2D eigenvalue weighted by molar-refractivity contribution is 5.80. The van der Waals surface area contributed by atoms with Crippen LogP contribution in [0.5, 0.6) is 0 Å². The molecule has 0 amide bonds. The summed E-state index contributed by atoms with van der Waals surface area (Å²) in [4.78, 5) is 37.4. The molecule has 1 unspecified atom stereocenters. The lowest BCUT2D eigenvalue weighted by atomic mass is 9.54. The Morgan fingerprint density at radius 1 is 0.800 bits per heavy atom. The molecule has 0 aliphatic carbocycles. The number of hydrogen-bond donors (Lipinski definition) is 0. The van der Waals surface area contributed by atoms with Gasteiger partial charge in [0.15, 0.2) is 0 Å². The molecule has 0 saturated carbocycles. The van der Waals surface area contributed by atoms with Crippen LogP contribution in [0.1, 0.15) is 108 Å². The van der Waals surface area contributed by atoms with Crippen molar-refractivity contribution < 1.29 is 29.1 Å². The molecule has 0 aromatic heterocycles. The van der Waals surface area contributed by atoms with E-state index in [9.17, 15) is 4.79 Å².